The Hall–Kier alpha value is -3.43. The standard InChI is InChI=1S/C26H16F4N2OS2/c27-19-10-8-16(9-11-19)14-31-15-17(21-6-1-2-7-22(21)31)12-23-24(33)32(25(34)35-23)20-5-3-4-18(13-20)26(28,29)30/h1-13,15H,14H2/b23-12+. The van der Waals surface area contributed by atoms with Gasteiger partial charge in [0.2, 0.25) is 0 Å². The van der Waals surface area contributed by atoms with Gasteiger partial charge in [-0.15, -0.1) is 0 Å². The molecule has 35 heavy (non-hydrogen) atoms. The minimum atomic E-state index is -4.53. The highest BCUT2D eigenvalue weighted by molar-refractivity contribution is 8.27. The van der Waals surface area contributed by atoms with Crippen LogP contribution in [0.2, 0.25) is 0 Å². The highest BCUT2D eigenvalue weighted by Gasteiger charge is 2.36. The summed E-state index contributed by atoms with van der Waals surface area (Å²) >= 11 is 6.38. The van der Waals surface area contributed by atoms with E-state index in [0.29, 0.717) is 11.4 Å². The van der Waals surface area contributed by atoms with Crippen LogP contribution in [0.3, 0.4) is 0 Å². The van der Waals surface area contributed by atoms with Crippen LogP contribution in [0.15, 0.2) is 83.9 Å². The van der Waals surface area contributed by atoms with Gasteiger partial charge >= 0.3 is 6.18 Å². The summed E-state index contributed by atoms with van der Waals surface area (Å²) in [6, 6.07) is 18.4. The molecule has 4 aromatic rings. The maximum absolute atomic E-state index is 13.3. The molecule has 0 N–H and O–H groups in total. The molecule has 0 bridgehead atoms. The molecule has 5 rings (SSSR count). The number of benzene rings is 3. The van der Waals surface area contributed by atoms with E-state index in [1.54, 1.807) is 18.2 Å². The smallest absolute Gasteiger partial charge is 0.342 e. The number of fused-ring (bicyclic) bond motifs is 1. The average molecular weight is 513 g/mol. The second-order valence-electron chi connectivity index (χ2n) is 7.92. The molecule has 1 aliphatic heterocycles. The van der Waals surface area contributed by atoms with Gasteiger partial charge in [0.25, 0.3) is 5.91 Å². The van der Waals surface area contributed by atoms with Crippen LogP contribution in [0.4, 0.5) is 23.2 Å². The van der Waals surface area contributed by atoms with Gasteiger partial charge in [0, 0.05) is 29.2 Å². The molecule has 0 spiro atoms. The van der Waals surface area contributed by atoms with Crippen LogP contribution < -0.4 is 4.90 Å². The summed E-state index contributed by atoms with van der Waals surface area (Å²) < 4.78 is 55.0. The van der Waals surface area contributed by atoms with Crippen LogP contribution in [-0.2, 0) is 17.5 Å². The normalized spacial score (nSPS) is 15.5. The number of carbonyl (C=O) groups is 1. The van der Waals surface area contributed by atoms with E-state index in [4.69, 9.17) is 12.2 Å². The SMILES string of the molecule is O=C1/C(=C\c2cn(Cc3ccc(F)cc3)c3ccccc23)SC(=S)N1c1cccc(C(F)(F)F)c1. The number of aromatic nitrogens is 1. The molecule has 176 valence electrons. The molecular formula is C26H16F4N2OS2. The van der Waals surface area contributed by atoms with Crippen molar-refractivity contribution in [2.75, 3.05) is 4.90 Å². The van der Waals surface area contributed by atoms with Crippen molar-refractivity contribution in [1.82, 2.24) is 4.57 Å². The third kappa shape index (κ3) is 4.61. The van der Waals surface area contributed by atoms with E-state index in [9.17, 15) is 22.4 Å². The monoisotopic (exact) mass is 512 g/mol. The van der Waals surface area contributed by atoms with Gasteiger partial charge < -0.3 is 4.57 Å². The molecule has 1 fully saturated rings. The van der Waals surface area contributed by atoms with Crippen LogP contribution in [0.1, 0.15) is 16.7 Å². The van der Waals surface area contributed by atoms with E-state index < -0.39 is 17.6 Å². The fourth-order valence-corrected chi connectivity index (χ4v) is 5.25. The molecule has 3 nitrogen and oxygen atoms in total. The molecule has 0 atom stereocenters. The second-order valence-corrected chi connectivity index (χ2v) is 9.60. The number of thiocarbonyl (C=S) groups is 1. The Balaban J connectivity index is 1.50. The fourth-order valence-electron chi connectivity index (χ4n) is 3.96. The Morgan fingerprint density at radius 3 is 2.46 bits per heavy atom. The van der Waals surface area contributed by atoms with Crippen molar-refractivity contribution in [3.63, 3.8) is 0 Å². The van der Waals surface area contributed by atoms with E-state index in [1.807, 2.05) is 35.0 Å². The molecule has 1 aliphatic rings. The van der Waals surface area contributed by atoms with Crippen molar-refractivity contribution in [2.24, 2.45) is 0 Å². The van der Waals surface area contributed by atoms with Crippen molar-refractivity contribution in [1.29, 1.82) is 0 Å². The molecule has 0 unspecified atom stereocenters. The fraction of sp³-hybridized carbons (Fsp3) is 0.0769. The first-order valence-electron chi connectivity index (χ1n) is 10.5. The topological polar surface area (TPSA) is 25.2 Å². The van der Waals surface area contributed by atoms with E-state index in [0.717, 1.165) is 50.8 Å². The Labute approximate surface area is 207 Å². The van der Waals surface area contributed by atoms with Crippen LogP contribution in [0.5, 0.6) is 0 Å². The third-order valence-corrected chi connectivity index (χ3v) is 6.90. The molecule has 1 aromatic heterocycles. The van der Waals surface area contributed by atoms with E-state index >= 15 is 0 Å². The number of halogens is 4. The zero-order valence-electron chi connectivity index (χ0n) is 17.9. The molecule has 1 amide bonds. The first kappa shape index (κ1) is 23.3. The van der Waals surface area contributed by atoms with Crippen LogP contribution in [0.25, 0.3) is 17.0 Å². The highest BCUT2D eigenvalue weighted by atomic mass is 32.2. The van der Waals surface area contributed by atoms with Gasteiger partial charge in [-0.05, 0) is 48.0 Å². The van der Waals surface area contributed by atoms with Crippen molar-refractivity contribution < 1.29 is 22.4 Å². The first-order chi connectivity index (χ1) is 16.7. The zero-order chi connectivity index (χ0) is 24.7. The Morgan fingerprint density at radius 1 is 0.971 bits per heavy atom. The number of amides is 1. The van der Waals surface area contributed by atoms with Crippen molar-refractivity contribution in [3.8, 4) is 0 Å². The van der Waals surface area contributed by atoms with Crippen LogP contribution in [0, 0.1) is 5.82 Å². The van der Waals surface area contributed by atoms with Crippen molar-refractivity contribution in [3.05, 3.63) is 106 Å². The van der Waals surface area contributed by atoms with Gasteiger partial charge in [-0.25, -0.2) is 4.39 Å². The quantitative estimate of drug-likeness (QED) is 0.164. The summed E-state index contributed by atoms with van der Waals surface area (Å²) in [5.74, 6) is -0.788. The molecule has 3 aromatic carbocycles. The number of rotatable bonds is 4. The lowest BCUT2D eigenvalue weighted by molar-refractivity contribution is -0.137. The lowest BCUT2D eigenvalue weighted by atomic mass is 10.1. The van der Waals surface area contributed by atoms with Gasteiger partial charge in [0.15, 0.2) is 4.32 Å². The van der Waals surface area contributed by atoms with Gasteiger partial charge in [0.1, 0.15) is 5.82 Å². The van der Waals surface area contributed by atoms with Crippen molar-refractivity contribution in [2.45, 2.75) is 12.7 Å². The summed E-state index contributed by atoms with van der Waals surface area (Å²) in [7, 11) is 0. The predicted molar refractivity (Wildman–Crippen MR) is 135 cm³/mol. The lowest BCUT2D eigenvalue weighted by Crippen LogP contribution is -2.27. The third-order valence-electron chi connectivity index (χ3n) is 5.60. The Kier molecular flexibility index (Phi) is 5.98. The molecule has 1 saturated heterocycles. The van der Waals surface area contributed by atoms with E-state index in [2.05, 4.69) is 0 Å². The molecule has 2 heterocycles. The summed E-state index contributed by atoms with van der Waals surface area (Å²) in [4.78, 5) is 14.6. The number of nitrogens with zero attached hydrogens (tertiary/aromatic N) is 2. The number of anilines is 1. The Morgan fingerprint density at radius 2 is 1.71 bits per heavy atom. The van der Waals surface area contributed by atoms with E-state index in [1.165, 1.54) is 24.3 Å². The maximum Gasteiger partial charge on any atom is 0.416 e. The van der Waals surface area contributed by atoms with Crippen molar-refractivity contribution >= 4 is 56.9 Å². The van der Waals surface area contributed by atoms with Gasteiger partial charge in [-0.1, -0.05) is 60.4 Å². The largest absolute Gasteiger partial charge is 0.416 e. The summed E-state index contributed by atoms with van der Waals surface area (Å²) in [5.41, 5.74) is 1.83. The minimum Gasteiger partial charge on any atom is -0.342 e. The minimum absolute atomic E-state index is 0.0736. The highest BCUT2D eigenvalue weighted by Crippen LogP contribution is 2.39. The number of alkyl halides is 3. The second kappa shape index (κ2) is 8.98. The summed E-state index contributed by atoms with van der Waals surface area (Å²) in [6.45, 7) is 0.500. The van der Waals surface area contributed by atoms with Gasteiger partial charge in [-0.3, -0.25) is 9.69 Å². The molecule has 0 radical (unpaired) electrons. The maximum atomic E-state index is 13.3. The molecular weight excluding hydrogens is 496 g/mol. The van der Waals surface area contributed by atoms with Gasteiger partial charge in [-0.2, -0.15) is 13.2 Å². The average Bonchev–Trinajstić information content (AvgIpc) is 3.31. The van der Waals surface area contributed by atoms with E-state index in [-0.39, 0.29) is 15.8 Å². The molecule has 0 saturated carbocycles. The van der Waals surface area contributed by atoms with Gasteiger partial charge in [0.05, 0.1) is 16.2 Å². The number of hydrogen-bond acceptors (Lipinski definition) is 3. The molecule has 0 aliphatic carbocycles. The number of hydrogen-bond donors (Lipinski definition) is 0. The van der Waals surface area contributed by atoms with Crippen LogP contribution >= 0.6 is 24.0 Å². The molecule has 9 heteroatoms. The number of carbonyl (C=O) groups excluding carboxylic acids is 1. The summed E-state index contributed by atoms with van der Waals surface area (Å²) in [5, 5.41) is 0.902. The number of para-hydroxylation sites is 1. The number of thioether (sulfide) groups is 1. The summed E-state index contributed by atoms with van der Waals surface area (Å²) in [6.07, 6.45) is -0.931. The predicted octanol–water partition coefficient (Wildman–Crippen LogP) is 7.25. The Bertz CT molecular complexity index is 1490. The van der Waals surface area contributed by atoms with Crippen LogP contribution in [-0.4, -0.2) is 14.8 Å². The first-order valence-corrected chi connectivity index (χ1v) is 11.7. The zero-order valence-corrected chi connectivity index (χ0v) is 19.6. The lowest BCUT2D eigenvalue weighted by Gasteiger charge is -2.16.